The average Bonchev–Trinajstić information content (AvgIpc) is 2.80. The van der Waals surface area contributed by atoms with E-state index >= 15 is 0 Å². The summed E-state index contributed by atoms with van der Waals surface area (Å²) in [5.74, 6) is 0. The van der Waals surface area contributed by atoms with Gasteiger partial charge in [-0.25, -0.2) is 0 Å². The largest absolute Gasteiger partial charge is 0.198 e. The maximum Gasteiger partial charge on any atom is 0.0622 e. The summed E-state index contributed by atoms with van der Waals surface area (Å²) in [5, 5.41) is 19.5. The van der Waals surface area contributed by atoms with Gasteiger partial charge in [0.2, 0.25) is 0 Å². The number of rotatable bonds is 4. The van der Waals surface area contributed by atoms with Crippen LogP contribution in [0.4, 0.5) is 0 Å². The van der Waals surface area contributed by atoms with Gasteiger partial charge in [-0.1, -0.05) is 35.3 Å². The number of nitriles is 2. The Balaban J connectivity index is 2.28. The van der Waals surface area contributed by atoms with E-state index in [1.54, 1.807) is 0 Å². The molecule has 1 aliphatic rings. The van der Waals surface area contributed by atoms with Crippen molar-refractivity contribution in [3.63, 3.8) is 0 Å². The third-order valence-corrected chi connectivity index (χ3v) is 5.08. The van der Waals surface area contributed by atoms with E-state index in [0.29, 0.717) is 35.7 Å². The fourth-order valence-electron chi connectivity index (χ4n) is 3.64. The van der Waals surface area contributed by atoms with Crippen molar-refractivity contribution in [2.75, 3.05) is 0 Å². The Bertz CT molecular complexity index is 772. The molecule has 2 aromatic carbocycles. The van der Waals surface area contributed by atoms with E-state index in [4.69, 9.17) is 33.7 Å². The summed E-state index contributed by atoms with van der Waals surface area (Å²) in [6, 6.07) is 16.2. The van der Waals surface area contributed by atoms with Crippen LogP contribution in [-0.4, -0.2) is 0 Å². The van der Waals surface area contributed by atoms with Crippen molar-refractivity contribution in [3.05, 3.63) is 57.6 Å². The van der Waals surface area contributed by atoms with Crippen LogP contribution in [0.15, 0.2) is 36.4 Å². The number of halogens is 2. The Hall–Kier alpha value is -2.00. The summed E-state index contributed by atoms with van der Waals surface area (Å²) in [7, 11) is 0. The van der Waals surface area contributed by atoms with Crippen molar-refractivity contribution in [2.24, 2.45) is 0 Å². The van der Waals surface area contributed by atoms with Gasteiger partial charge in [-0.2, -0.15) is 10.5 Å². The van der Waals surface area contributed by atoms with Gasteiger partial charge in [-0.3, -0.25) is 0 Å². The highest BCUT2D eigenvalue weighted by molar-refractivity contribution is 6.31. The van der Waals surface area contributed by atoms with Crippen molar-refractivity contribution in [1.29, 1.82) is 10.5 Å². The second kappa shape index (κ2) is 6.25. The molecule has 2 aromatic rings. The molecule has 1 aliphatic carbocycles. The third kappa shape index (κ3) is 2.59. The van der Waals surface area contributed by atoms with Crippen LogP contribution in [0.2, 0.25) is 10.0 Å². The lowest BCUT2D eigenvalue weighted by Crippen LogP contribution is -2.25. The zero-order valence-electron chi connectivity index (χ0n) is 12.4. The maximum absolute atomic E-state index is 9.10. The van der Waals surface area contributed by atoms with E-state index in [1.165, 1.54) is 0 Å². The Morgan fingerprint density at radius 3 is 1.61 bits per heavy atom. The van der Waals surface area contributed by atoms with Crippen LogP contribution in [0.3, 0.4) is 0 Å². The van der Waals surface area contributed by atoms with Crippen molar-refractivity contribution < 1.29 is 0 Å². The van der Waals surface area contributed by atoms with Gasteiger partial charge in [0, 0.05) is 28.3 Å². The molecule has 0 radical (unpaired) electrons. The number of hydrogen-bond donors (Lipinski definition) is 0. The van der Waals surface area contributed by atoms with Gasteiger partial charge in [0.05, 0.1) is 12.1 Å². The SMILES string of the molecule is N#CCCC1(CCC#N)c2cc(Cl)ccc2-c2ccc(Cl)cc21. The van der Waals surface area contributed by atoms with Crippen LogP contribution in [0.5, 0.6) is 0 Å². The molecule has 0 bridgehead atoms. The van der Waals surface area contributed by atoms with E-state index in [2.05, 4.69) is 12.1 Å². The van der Waals surface area contributed by atoms with Crippen molar-refractivity contribution in [1.82, 2.24) is 0 Å². The smallest absolute Gasteiger partial charge is 0.0622 e. The van der Waals surface area contributed by atoms with Gasteiger partial charge in [-0.15, -0.1) is 0 Å². The lowest BCUT2D eigenvalue weighted by atomic mass is 9.71. The molecule has 0 heterocycles. The number of hydrogen-bond acceptors (Lipinski definition) is 2. The molecule has 0 saturated carbocycles. The fraction of sp³-hybridized carbons (Fsp3) is 0.263. The second-order valence-corrected chi connectivity index (χ2v) is 6.65. The fourth-order valence-corrected chi connectivity index (χ4v) is 3.99. The van der Waals surface area contributed by atoms with Gasteiger partial charge in [0.15, 0.2) is 0 Å². The molecule has 0 unspecified atom stereocenters. The number of fused-ring (bicyclic) bond motifs is 3. The summed E-state index contributed by atoms with van der Waals surface area (Å²) >= 11 is 12.5. The normalized spacial score (nSPS) is 13.7. The molecule has 0 saturated heterocycles. The Morgan fingerprint density at radius 1 is 0.783 bits per heavy atom. The topological polar surface area (TPSA) is 47.6 Å². The summed E-state index contributed by atoms with van der Waals surface area (Å²) < 4.78 is 0. The van der Waals surface area contributed by atoms with Crippen LogP contribution < -0.4 is 0 Å². The highest BCUT2D eigenvalue weighted by atomic mass is 35.5. The van der Waals surface area contributed by atoms with E-state index in [9.17, 15) is 0 Å². The molecular weight excluding hydrogens is 327 g/mol. The standard InChI is InChI=1S/C19H14Cl2N2/c20-13-3-5-15-16-6-4-14(21)12-18(16)19(7-1-9-22,8-2-10-23)17(15)11-13/h3-6,11-12H,1-2,7-8H2. The molecule has 0 N–H and O–H groups in total. The first kappa shape index (κ1) is 15.9. The first-order valence-electron chi connectivity index (χ1n) is 7.47. The van der Waals surface area contributed by atoms with E-state index in [0.717, 1.165) is 22.3 Å². The minimum absolute atomic E-state index is 0.369. The van der Waals surface area contributed by atoms with Crippen molar-refractivity contribution >= 4 is 23.2 Å². The van der Waals surface area contributed by atoms with E-state index in [1.807, 2.05) is 36.4 Å². The minimum atomic E-state index is -0.369. The summed E-state index contributed by atoms with van der Waals surface area (Å²) in [6.07, 6.45) is 2.16. The molecule has 0 spiro atoms. The summed E-state index contributed by atoms with van der Waals surface area (Å²) in [4.78, 5) is 0. The molecule has 4 heteroatoms. The molecular formula is C19H14Cl2N2. The predicted octanol–water partition coefficient (Wildman–Crippen LogP) is 5.87. The van der Waals surface area contributed by atoms with Crippen LogP contribution in [0, 0.1) is 22.7 Å². The molecule has 114 valence electrons. The number of nitrogens with zero attached hydrogens (tertiary/aromatic N) is 2. The molecule has 0 atom stereocenters. The quantitative estimate of drug-likeness (QED) is 0.698. The lowest BCUT2D eigenvalue weighted by molar-refractivity contribution is 0.458. The molecule has 2 nitrogen and oxygen atoms in total. The first-order valence-corrected chi connectivity index (χ1v) is 8.22. The Morgan fingerprint density at radius 2 is 1.22 bits per heavy atom. The van der Waals surface area contributed by atoms with Gasteiger partial charge in [-0.05, 0) is 59.4 Å². The maximum atomic E-state index is 9.10. The molecule has 0 fully saturated rings. The van der Waals surface area contributed by atoms with Gasteiger partial charge < -0.3 is 0 Å². The summed E-state index contributed by atoms with van der Waals surface area (Å²) in [5.41, 5.74) is 4.08. The third-order valence-electron chi connectivity index (χ3n) is 4.61. The van der Waals surface area contributed by atoms with Crippen molar-refractivity contribution in [2.45, 2.75) is 31.1 Å². The van der Waals surface area contributed by atoms with Gasteiger partial charge >= 0.3 is 0 Å². The Kier molecular flexibility index (Phi) is 4.31. The molecule has 3 rings (SSSR count). The lowest BCUT2D eigenvalue weighted by Gasteiger charge is -2.31. The Labute approximate surface area is 145 Å². The molecule has 0 aliphatic heterocycles. The van der Waals surface area contributed by atoms with E-state index in [-0.39, 0.29) is 5.41 Å². The molecule has 23 heavy (non-hydrogen) atoms. The van der Waals surface area contributed by atoms with Gasteiger partial charge in [0.25, 0.3) is 0 Å². The average molecular weight is 341 g/mol. The highest BCUT2D eigenvalue weighted by Gasteiger charge is 2.42. The van der Waals surface area contributed by atoms with E-state index < -0.39 is 0 Å². The van der Waals surface area contributed by atoms with Crippen LogP contribution in [0.25, 0.3) is 11.1 Å². The van der Waals surface area contributed by atoms with Gasteiger partial charge in [0.1, 0.15) is 0 Å². The second-order valence-electron chi connectivity index (χ2n) is 5.78. The minimum Gasteiger partial charge on any atom is -0.198 e. The summed E-state index contributed by atoms with van der Waals surface area (Å²) in [6.45, 7) is 0. The number of benzene rings is 2. The van der Waals surface area contributed by atoms with Crippen LogP contribution >= 0.6 is 23.2 Å². The van der Waals surface area contributed by atoms with Crippen LogP contribution in [-0.2, 0) is 5.41 Å². The van der Waals surface area contributed by atoms with Crippen molar-refractivity contribution in [3.8, 4) is 23.3 Å². The predicted molar refractivity (Wildman–Crippen MR) is 92.4 cm³/mol. The van der Waals surface area contributed by atoms with Crippen LogP contribution in [0.1, 0.15) is 36.8 Å². The zero-order valence-corrected chi connectivity index (χ0v) is 14.0. The molecule has 0 aromatic heterocycles. The highest BCUT2D eigenvalue weighted by Crippen LogP contribution is 2.54. The first-order chi connectivity index (χ1) is 11.1. The zero-order chi connectivity index (χ0) is 16.4. The molecule has 0 amide bonds. The monoisotopic (exact) mass is 340 g/mol.